The summed E-state index contributed by atoms with van der Waals surface area (Å²) >= 11 is 0. The van der Waals surface area contributed by atoms with Gasteiger partial charge in [-0.25, -0.2) is 4.79 Å². The number of fused-ring (bicyclic) bond motifs is 3. The maximum atomic E-state index is 13.0. The van der Waals surface area contributed by atoms with Crippen LogP contribution >= 0.6 is 0 Å². The van der Waals surface area contributed by atoms with Crippen molar-refractivity contribution in [2.75, 3.05) is 52.7 Å². The zero-order valence-corrected chi connectivity index (χ0v) is 26.2. The topological polar surface area (TPSA) is 100 Å². The molecule has 10 nitrogen and oxygen atoms in total. The van der Waals surface area contributed by atoms with E-state index >= 15 is 0 Å². The van der Waals surface area contributed by atoms with E-state index in [1.807, 2.05) is 52.7 Å². The highest BCUT2D eigenvalue weighted by molar-refractivity contribution is 6.04. The minimum absolute atomic E-state index is 0.310. The summed E-state index contributed by atoms with van der Waals surface area (Å²) in [6.45, 7) is 6.29. The normalized spacial score (nSPS) is 16.2. The number of benzene rings is 3. The third-order valence-corrected chi connectivity index (χ3v) is 9.02. The van der Waals surface area contributed by atoms with Crippen LogP contribution < -0.4 is 4.74 Å². The Morgan fingerprint density at radius 1 is 0.891 bits per heavy atom. The summed E-state index contributed by atoms with van der Waals surface area (Å²) < 4.78 is 27.7. The van der Waals surface area contributed by atoms with Gasteiger partial charge in [0, 0.05) is 55.1 Å². The highest BCUT2D eigenvalue weighted by Gasteiger charge is 2.28. The van der Waals surface area contributed by atoms with Crippen molar-refractivity contribution in [1.82, 2.24) is 19.2 Å². The first kappa shape index (κ1) is 30.4. The minimum atomic E-state index is -0.942. The summed E-state index contributed by atoms with van der Waals surface area (Å²) in [4.78, 5) is 15.4. The number of rotatable bonds is 8. The summed E-state index contributed by atoms with van der Waals surface area (Å²) in [7, 11) is 1.98. The van der Waals surface area contributed by atoms with Gasteiger partial charge in [0.1, 0.15) is 11.4 Å². The number of aromatic carboxylic acids is 1. The van der Waals surface area contributed by atoms with Gasteiger partial charge < -0.3 is 28.6 Å². The molecule has 1 N–H and O–H groups in total. The molecule has 0 aliphatic carbocycles. The number of morpholine rings is 1. The summed E-state index contributed by atoms with van der Waals surface area (Å²) in [5.74, 6) is -0.106. The standard InChI is InChI=1S/C36H40N4O6/c1-38-31(23-39-14-18-43-19-15-39)33-29-11-5-10-27-28(12-6-17-46-32-13-4-8-25-7-2-3-9-26(25)32)35(36(41)42)40(34(27)29)16-20-44-21-22-45-24-30(33)37-38/h2-5,7-11,13H,6,12,14-24H2,1H3,(H,41,42). The van der Waals surface area contributed by atoms with Gasteiger partial charge in [-0.3, -0.25) is 9.58 Å². The second-order valence-corrected chi connectivity index (χ2v) is 11.9. The number of hydrogen-bond donors (Lipinski definition) is 1. The molecule has 0 bridgehead atoms. The zero-order valence-electron chi connectivity index (χ0n) is 26.2. The number of carbonyl (C=O) groups is 1. The average molecular weight is 625 g/mol. The van der Waals surface area contributed by atoms with E-state index in [9.17, 15) is 9.90 Å². The van der Waals surface area contributed by atoms with Crippen LogP contribution in [0, 0.1) is 0 Å². The van der Waals surface area contributed by atoms with E-state index in [2.05, 4.69) is 29.2 Å². The van der Waals surface area contributed by atoms with Crippen LogP contribution in [0.1, 0.15) is 33.9 Å². The number of aromatic nitrogens is 3. The molecule has 7 rings (SSSR count). The molecular formula is C36H40N4O6. The molecule has 2 aromatic heterocycles. The fourth-order valence-electron chi connectivity index (χ4n) is 6.88. The summed E-state index contributed by atoms with van der Waals surface area (Å²) in [5.41, 5.74) is 5.93. The molecule has 4 heterocycles. The van der Waals surface area contributed by atoms with E-state index in [-0.39, 0.29) is 0 Å². The zero-order chi connectivity index (χ0) is 31.5. The Bertz CT molecular complexity index is 1850. The molecule has 1 saturated heterocycles. The van der Waals surface area contributed by atoms with Crippen molar-refractivity contribution in [2.24, 2.45) is 7.05 Å². The number of nitrogens with zero attached hydrogens (tertiary/aromatic N) is 4. The van der Waals surface area contributed by atoms with Gasteiger partial charge in [0.2, 0.25) is 0 Å². The molecule has 5 aromatic rings. The van der Waals surface area contributed by atoms with Gasteiger partial charge in [0.05, 0.1) is 63.2 Å². The molecule has 2 aliphatic heterocycles. The molecule has 0 amide bonds. The lowest BCUT2D eigenvalue weighted by molar-refractivity contribution is 0.0332. The quantitative estimate of drug-likeness (QED) is 0.233. The van der Waals surface area contributed by atoms with E-state index in [0.29, 0.717) is 77.9 Å². The Balaban J connectivity index is 1.29. The monoisotopic (exact) mass is 624 g/mol. The van der Waals surface area contributed by atoms with E-state index in [0.717, 1.165) is 68.6 Å². The van der Waals surface area contributed by atoms with Crippen LogP contribution in [0.4, 0.5) is 0 Å². The first-order valence-electron chi connectivity index (χ1n) is 16.1. The molecular weight excluding hydrogens is 584 g/mol. The van der Waals surface area contributed by atoms with Crippen molar-refractivity contribution in [1.29, 1.82) is 0 Å². The molecule has 0 radical (unpaired) electrons. The fraction of sp³-hybridized carbons (Fsp3) is 0.389. The number of aryl methyl sites for hydroxylation is 2. The SMILES string of the molecule is Cn1nc2c(c1CN1CCOCC1)-c1cccc3c(CCCOc4cccc5ccccc45)c(C(=O)O)n(c13)CCOCCOC2. The molecule has 0 unspecified atom stereocenters. The highest BCUT2D eigenvalue weighted by atomic mass is 16.5. The number of ether oxygens (including phenoxy) is 4. The maximum Gasteiger partial charge on any atom is 0.352 e. The third-order valence-electron chi connectivity index (χ3n) is 9.02. The molecule has 46 heavy (non-hydrogen) atoms. The van der Waals surface area contributed by atoms with Crippen molar-refractivity contribution in [3.8, 4) is 16.9 Å². The lowest BCUT2D eigenvalue weighted by atomic mass is 9.97. The Morgan fingerprint density at radius 3 is 2.50 bits per heavy atom. The van der Waals surface area contributed by atoms with Crippen molar-refractivity contribution in [3.05, 3.63) is 83.3 Å². The van der Waals surface area contributed by atoms with Crippen molar-refractivity contribution < 1.29 is 28.8 Å². The highest BCUT2D eigenvalue weighted by Crippen LogP contribution is 2.39. The molecule has 240 valence electrons. The minimum Gasteiger partial charge on any atom is -0.493 e. The Morgan fingerprint density at radius 2 is 1.63 bits per heavy atom. The van der Waals surface area contributed by atoms with Crippen LogP contribution in [0.15, 0.2) is 60.7 Å². The largest absolute Gasteiger partial charge is 0.493 e. The molecule has 0 atom stereocenters. The second kappa shape index (κ2) is 13.6. The van der Waals surface area contributed by atoms with Crippen LogP contribution in [-0.4, -0.2) is 83.1 Å². The first-order valence-corrected chi connectivity index (χ1v) is 16.1. The van der Waals surface area contributed by atoms with Crippen LogP contribution in [0.25, 0.3) is 32.8 Å². The van der Waals surface area contributed by atoms with Crippen LogP contribution in [0.3, 0.4) is 0 Å². The van der Waals surface area contributed by atoms with Gasteiger partial charge in [0.15, 0.2) is 0 Å². The van der Waals surface area contributed by atoms with E-state index in [1.54, 1.807) is 0 Å². The number of para-hydroxylation sites is 1. The third kappa shape index (κ3) is 6.01. The number of carboxylic acid groups (broad SMARTS) is 1. The maximum absolute atomic E-state index is 13.0. The van der Waals surface area contributed by atoms with Gasteiger partial charge in [-0.2, -0.15) is 5.10 Å². The van der Waals surface area contributed by atoms with Crippen LogP contribution in [0.5, 0.6) is 5.75 Å². The van der Waals surface area contributed by atoms with Gasteiger partial charge in [0.25, 0.3) is 0 Å². The van der Waals surface area contributed by atoms with Gasteiger partial charge in [-0.1, -0.05) is 54.6 Å². The Labute approximate surface area is 268 Å². The molecule has 1 fully saturated rings. The van der Waals surface area contributed by atoms with Gasteiger partial charge in [-0.05, 0) is 29.9 Å². The predicted octanol–water partition coefficient (Wildman–Crippen LogP) is 5.28. The van der Waals surface area contributed by atoms with Gasteiger partial charge >= 0.3 is 5.97 Å². The average Bonchev–Trinajstić information content (AvgIpc) is 3.55. The summed E-state index contributed by atoms with van der Waals surface area (Å²) in [6.07, 6.45) is 1.22. The smallest absolute Gasteiger partial charge is 0.352 e. The second-order valence-electron chi connectivity index (χ2n) is 11.9. The van der Waals surface area contributed by atoms with Crippen molar-refractivity contribution in [3.63, 3.8) is 0 Å². The van der Waals surface area contributed by atoms with Crippen molar-refractivity contribution >= 4 is 27.6 Å². The first-order chi connectivity index (χ1) is 22.6. The molecule has 10 heteroatoms. The molecule has 0 saturated carbocycles. The van der Waals surface area contributed by atoms with Crippen molar-refractivity contribution in [2.45, 2.75) is 32.5 Å². The van der Waals surface area contributed by atoms with Crippen LogP contribution in [0.2, 0.25) is 0 Å². The predicted molar refractivity (Wildman–Crippen MR) is 175 cm³/mol. The van der Waals surface area contributed by atoms with E-state index in [4.69, 9.17) is 24.0 Å². The number of carboxylic acids is 1. The number of hydrogen-bond acceptors (Lipinski definition) is 7. The Kier molecular flexibility index (Phi) is 9.03. The fourth-order valence-corrected chi connectivity index (χ4v) is 6.88. The van der Waals surface area contributed by atoms with E-state index < -0.39 is 5.97 Å². The summed E-state index contributed by atoms with van der Waals surface area (Å²) in [6, 6.07) is 20.4. The summed E-state index contributed by atoms with van der Waals surface area (Å²) in [5, 5.41) is 18.7. The lowest BCUT2D eigenvalue weighted by Crippen LogP contribution is -2.36. The van der Waals surface area contributed by atoms with E-state index in [1.165, 1.54) is 0 Å². The lowest BCUT2D eigenvalue weighted by Gasteiger charge is -2.27. The molecule has 2 aliphatic rings. The molecule has 3 aromatic carbocycles. The van der Waals surface area contributed by atoms with Gasteiger partial charge in [-0.15, -0.1) is 0 Å². The molecule has 0 spiro atoms. The Hall–Kier alpha value is -4.22. The van der Waals surface area contributed by atoms with Crippen LogP contribution in [-0.2, 0) is 47.4 Å².